The fourth-order valence-electron chi connectivity index (χ4n) is 2.96. The van der Waals surface area contributed by atoms with Crippen LogP contribution in [0.2, 0.25) is 0 Å². The SMILES string of the molecule is CCNC(=NCC(O)c1cc(OC)ccc1OC)N(C)Cc1ccccc1C.I. The third-order valence-electron chi connectivity index (χ3n) is 4.58. The molecule has 160 valence electrons. The quantitative estimate of drug-likeness (QED) is 0.320. The molecule has 1 atom stereocenters. The van der Waals surface area contributed by atoms with Gasteiger partial charge in [0.1, 0.15) is 17.6 Å². The van der Waals surface area contributed by atoms with Gasteiger partial charge in [-0.2, -0.15) is 0 Å². The molecule has 0 spiro atoms. The molecule has 0 aromatic heterocycles. The van der Waals surface area contributed by atoms with E-state index in [1.165, 1.54) is 11.1 Å². The van der Waals surface area contributed by atoms with E-state index in [-0.39, 0.29) is 30.5 Å². The summed E-state index contributed by atoms with van der Waals surface area (Å²) in [6.07, 6.45) is -0.800. The van der Waals surface area contributed by atoms with Crippen LogP contribution >= 0.6 is 24.0 Å². The van der Waals surface area contributed by atoms with Crippen molar-refractivity contribution in [1.82, 2.24) is 10.2 Å². The van der Waals surface area contributed by atoms with Crippen LogP contribution in [0.1, 0.15) is 29.7 Å². The summed E-state index contributed by atoms with van der Waals surface area (Å²) in [7, 11) is 5.17. The topological polar surface area (TPSA) is 66.3 Å². The van der Waals surface area contributed by atoms with Gasteiger partial charge < -0.3 is 24.8 Å². The number of nitrogens with zero attached hydrogens (tertiary/aromatic N) is 2. The van der Waals surface area contributed by atoms with Crippen molar-refractivity contribution in [2.75, 3.05) is 34.4 Å². The van der Waals surface area contributed by atoms with Crippen LogP contribution in [0.25, 0.3) is 0 Å². The lowest BCUT2D eigenvalue weighted by Gasteiger charge is -2.23. The number of ether oxygens (including phenoxy) is 2. The Balaban J connectivity index is 0.00000420. The number of aliphatic hydroxyl groups excluding tert-OH is 1. The van der Waals surface area contributed by atoms with E-state index >= 15 is 0 Å². The normalized spacial score (nSPS) is 12.0. The zero-order chi connectivity index (χ0) is 20.5. The first-order valence-corrected chi connectivity index (χ1v) is 9.44. The molecule has 1 unspecified atom stereocenters. The van der Waals surface area contributed by atoms with Gasteiger partial charge in [-0.25, -0.2) is 0 Å². The molecule has 0 aliphatic rings. The van der Waals surface area contributed by atoms with Gasteiger partial charge in [0.2, 0.25) is 0 Å². The molecular formula is C22H32IN3O3. The number of hydrogen-bond acceptors (Lipinski definition) is 4. The minimum atomic E-state index is -0.800. The van der Waals surface area contributed by atoms with Crippen molar-refractivity contribution in [3.8, 4) is 11.5 Å². The van der Waals surface area contributed by atoms with Crippen molar-refractivity contribution in [2.45, 2.75) is 26.5 Å². The van der Waals surface area contributed by atoms with Crippen LogP contribution in [0.3, 0.4) is 0 Å². The molecular weight excluding hydrogens is 481 g/mol. The molecule has 2 N–H and O–H groups in total. The number of benzene rings is 2. The fraction of sp³-hybridized carbons (Fsp3) is 0.409. The Morgan fingerprint density at radius 3 is 2.52 bits per heavy atom. The van der Waals surface area contributed by atoms with Crippen LogP contribution in [0.5, 0.6) is 11.5 Å². The molecule has 0 radical (unpaired) electrons. The van der Waals surface area contributed by atoms with E-state index in [1.54, 1.807) is 32.4 Å². The molecule has 0 aliphatic heterocycles. The first-order valence-electron chi connectivity index (χ1n) is 9.44. The van der Waals surface area contributed by atoms with E-state index in [0.717, 1.165) is 19.0 Å². The molecule has 0 heterocycles. The maximum atomic E-state index is 10.7. The van der Waals surface area contributed by atoms with Crippen molar-refractivity contribution in [3.05, 3.63) is 59.2 Å². The smallest absolute Gasteiger partial charge is 0.194 e. The number of halogens is 1. The predicted octanol–water partition coefficient (Wildman–Crippen LogP) is 3.76. The van der Waals surface area contributed by atoms with E-state index in [0.29, 0.717) is 17.1 Å². The second kappa shape index (κ2) is 12.5. The van der Waals surface area contributed by atoms with Gasteiger partial charge in [0.25, 0.3) is 0 Å². The van der Waals surface area contributed by atoms with Gasteiger partial charge >= 0.3 is 0 Å². The van der Waals surface area contributed by atoms with E-state index < -0.39 is 6.10 Å². The van der Waals surface area contributed by atoms with Crippen molar-refractivity contribution in [3.63, 3.8) is 0 Å². The van der Waals surface area contributed by atoms with Gasteiger partial charge in [-0.05, 0) is 43.2 Å². The molecule has 0 aliphatic carbocycles. The molecule has 0 bridgehead atoms. The van der Waals surface area contributed by atoms with Crippen molar-refractivity contribution in [1.29, 1.82) is 0 Å². The van der Waals surface area contributed by atoms with Crippen LogP contribution in [0.4, 0.5) is 0 Å². The maximum Gasteiger partial charge on any atom is 0.194 e. The van der Waals surface area contributed by atoms with E-state index in [2.05, 4.69) is 34.3 Å². The summed E-state index contributed by atoms with van der Waals surface area (Å²) < 4.78 is 10.6. The third-order valence-corrected chi connectivity index (χ3v) is 4.58. The molecule has 2 aromatic rings. The lowest BCUT2D eigenvalue weighted by atomic mass is 10.1. The van der Waals surface area contributed by atoms with Gasteiger partial charge in [0.05, 0.1) is 20.8 Å². The third kappa shape index (κ3) is 7.08. The maximum absolute atomic E-state index is 10.7. The second-order valence-corrected chi connectivity index (χ2v) is 6.60. The van der Waals surface area contributed by atoms with Gasteiger partial charge in [-0.3, -0.25) is 4.99 Å². The zero-order valence-corrected chi connectivity index (χ0v) is 20.1. The summed E-state index contributed by atoms with van der Waals surface area (Å²) >= 11 is 0. The molecule has 0 amide bonds. The number of methoxy groups -OCH3 is 2. The van der Waals surface area contributed by atoms with Crippen LogP contribution in [0, 0.1) is 6.92 Å². The Morgan fingerprint density at radius 2 is 1.90 bits per heavy atom. The molecule has 0 fully saturated rings. The minimum absolute atomic E-state index is 0. The molecule has 0 saturated heterocycles. The Labute approximate surface area is 191 Å². The van der Waals surface area contributed by atoms with E-state index in [1.807, 2.05) is 26.1 Å². The van der Waals surface area contributed by atoms with Gasteiger partial charge in [0.15, 0.2) is 5.96 Å². The first kappa shape index (κ1) is 25.0. The highest BCUT2D eigenvalue weighted by Gasteiger charge is 2.16. The highest BCUT2D eigenvalue weighted by molar-refractivity contribution is 14.0. The van der Waals surface area contributed by atoms with Gasteiger partial charge in [-0.15, -0.1) is 24.0 Å². The van der Waals surface area contributed by atoms with Crippen molar-refractivity contribution < 1.29 is 14.6 Å². The van der Waals surface area contributed by atoms with Gasteiger partial charge in [-0.1, -0.05) is 24.3 Å². The highest BCUT2D eigenvalue weighted by atomic mass is 127. The molecule has 7 heteroatoms. The monoisotopic (exact) mass is 513 g/mol. The fourth-order valence-corrected chi connectivity index (χ4v) is 2.96. The summed E-state index contributed by atoms with van der Waals surface area (Å²) in [4.78, 5) is 6.69. The average Bonchev–Trinajstić information content (AvgIpc) is 2.71. The number of guanidine groups is 1. The number of hydrogen-bond donors (Lipinski definition) is 2. The standard InChI is InChI=1S/C22H31N3O3.HI/c1-6-23-22(25(3)15-17-10-8-7-9-16(17)2)24-14-20(26)19-13-18(27-4)11-12-21(19)28-5;/h7-13,20,26H,6,14-15H2,1-5H3,(H,23,24);1H. The minimum Gasteiger partial charge on any atom is -0.497 e. The summed E-state index contributed by atoms with van der Waals surface area (Å²) in [6, 6.07) is 13.7. The number of aliphatic hydroxyl groups is 1. The molecule has 0 saturated carbocycles. The first-order chi connectivity index (χ1) is 13.5. The molecule has 2 rings (SSSR count). The highest BCUT2D eigenvalue weighted by Crippen LogP contribution is 2.29. The Hall–Kier alpha value is -2.00. The summed E-state index contributed by atoms with van der Waals surface area (Å²) in [5, 5.41) is 14.0. The summed E-state index contributed by atoms with van der Waals surface area (Å²) in [5.41, 5.74) is 3.14. The number of nitrogens with one attached hydrogen (secondary N) is 1. The van der Waals surface area contributed by atoms with E-state index in [9.17, 15) is 5.11 Å². The molecule has 2 aromatic carbocycles. The Bertz CT molecular complexity index is 799. The number of aryl methyl sites for hydroxylation is 1. The summed E-state index contributed by atoms with van der Waals surface area (Å²) in [5.74, 6) is 2.02. The average molecular weight is 513 g/mol. The lowest BCUT2D eigenvalue weighted by Crippen LogP contribution is -2.39. The molecule has 6 nitrogen and oxygen atoms in total. The van der Waals surface area contributed by atoms with Crippen LogP contribution in [0.15, 0.2) is 47.5 Å². The Kier molecular flexibility index (Phi) is 10.8. The van der Waals surface area contributed by atoms with Crippen molar-refractivity contribution in [2.24, 2.45) is 4.99 Å². The van der Waals surface area contributed by atoms with Gasteiger partial charge in [0, 0.05) is 25.7 Å². The summed E-state index contributed by atoms with van der Waals surface area (Å²) in [6.45, 7) is 5.82. The largest absolute Gasteiger partial charge is 0.497 e. The number of aliphatic imine (C=N–C) groups is 1. The number of rotatable bonds is 8. The van der Waals surface area contributed by atoms with Crippen molar-refractivity contribution >= 4 is 29.9 Å². The molecule has 29 heavy (non-hydrogen) atoms. The Morgan fingerprint density at radius 1 is 1.17 bits per heavy atom. The van der Waals surface area contributed by atoms with Crippen LogP contribution in [-0.2, 0) is 6.54 Å². The second-order valence-electron chi connectivity index (χ2n) is 6.60. The van der Waals surface area contributed by atoms with E-state index in [4.69, 9.17) is 9.47 Å². The lowest BCUT2D eigenvalue weighted by molar-refractivity contribution is 0.181. The van der Waals surface area contributed by atoms with Crippen LogP contribution in [-0.4, -0.2) is 50.3 Å². The van der Waals surface area contributed by atoms with Crippen LogP contribution < -0.4 is 14.8 Å². The predicted molar refractivity (Wildman–Crippen MR) is 129 cm³/mol. The zero-order valence-electron chi connectivity index (χ0n) is 17.8.